The number of aromatic nitrogens is 1. The number of aryl methyl sites for hydroxylation is 1. The molecule has 2 heterocycles. The molecule has 174 valence electrons. The highest BCUT2D eigenvalue weighted by atomic mass is 19.1. The van der Waals surface area contributed by atoms with E-state index in [0.717, 1.165) is 51.0 Å². The van der Waals surface area contributed by atoms with Gasteiger partial charge in [-0.3, -0.25) is 4.79 Å². The third-order valence-electron chi connectivity index (χ3n) is 6.23. The van der Waals surface area contributed by atoms with Crippen LogP contribution in [0.25, 0.3) is 11.3 Å². The van der Waals surface area contributed by atoms with Gasteiger partial charge in [-0.2, -0.15) is 0 Å². The topological polar surface area (TPSA) is 58.4 Å². The molecule has 0 atom stereocenters. The normalized spacial score (nSPS) is 15.0. The number of rotatable bonds is 9. The number of hydrogen-bond donors (Lipinski definition) is 1. The monoisotopic (exact) mass is 453 g/mol. The lowest BCUT2D eigenvalue weighted by atomic mass is 9.96. The number of likely N-dealkylation sites (tertiary alicyclic amines) is 1. The fourth-order valence-corrected chi connectivity index (χ4v) is 4.25. The van der Waals surface area contributed by atoms with E-state index in [4.69, 9.17) is 4.52 Å². The summed E-state index contributed by atoms with van der Waals surface area (Å²) >= 11 is 0. The molecule has 5 nitrogen and oxygen atoms in total. The summed E-state index contributed by atoms with van der Waals surface area (Å²) in [6, 6.07) is 15.1. The standard InChI is InChI=1S/C26H29F2N3O2/c27-21-9-10-22(23(28)16-21)25-17-24(30-33-25)26(32)29-18-20-11-14-31(15-12-20)13-5-4-8-19-6-2-1-3-7-19/h1-3,6-7,9-10,16-17,20H,4-5,8,11-15,18H2,(H,29,32). The summed E-state index contributed by atoms with van der Waals surface area (Å²) in [7, 11) is 0. The Morgan fingerprint density at radius 3 is 2.61 bits per heavy atom. The highest BCUT2D eigenvalue weighted by Crippen LogP contribution is 2.24. The molecule has 1 saturated heterocycles. The van der Waals surface area contributed by atoms with Crippen LogP contribution in [0.3, 0.4) is 0 Å². The summed E-state index contributed by atoms with van der Waals surface area (Å²) in [4.78, 5) is 14.9. The molecule has 7 heteroatoms. The van der Waals surface area contributed by atoms with Crippen LogP contribution in [0.4, 0.5) is 8.78 Å². The van der Waals surface area contributed by atoms with E-state index >= 15 is 0 Å². The Labute approximate surface area is 192 Å². The maximum Gasteiger partial charge on any atom is 0.273 e. The van der Waals surface area contributed by atoms with Gasteiger partial charge in [0, 0.05) is 18.7 Å². The number of carbonyl (C=O) groups is 1. The predicted octanol–water partition coefficient (Wildman–Crippen LogP) is 5.08. The van der Waals surface area contributed by atoms with Gasteiger partial charge in [-0.05, 0) is 75.4 Å². The highest BCUT2D eigenvalue weighted by molar-refractivity contribution is 5.93. The largest absolute Gasteiger partial charge is 0.355 e. The summed E-state index contributed by atoms with van der Waals surface area (Å²) in [5.41, 5.74) is 1.55. The van der Waals surface area contributed by atoms with Gasteiger partial charge >= 0.3 is 0 Å². The Kier molecular flexibility index (Phi) is 7.83. The van der Waals surface area contributed by atoms with Crippen LogP contribution in [0.2, 0.25) is 0 Å². The molecule has 4 rings (SSSR count). The van der Waals surface area contributed by atoms with Crippen LogP contribution in [-0.4, -0.2) is 42.1 Å². The van der Waals surface area contributed by atoms with Gasteiger partial charge in [0.2, 0.25) is 0 Å². The first kappa shape index (κ1) is 23.1. The summed E-state index contributed by atoms with van der Waals surface area (Å²) in [5, 5.41) is 6.65. The zero-order valence-corrected chi connectivity index (χ0v) is 18.6. The van der Waals surface area contributed by atoms with Crippen LogP contribution in [0.5, 0.6) is 0 Å². The predicted molar refractivity (Wildman–Crippen MR) is 123 cm³/mol. The molecule has 1 aliphatic heterocycles. The Hall–Kier alpha value is -3.06. The van der Waals surface area contributed by atoms with Gasteiger partial charge in [-0.15, -0.1) is 0 Å². The molecule has 0 radical (unpaired) electrons. The summed E-state index contributed by atoms with van der Waals surface area (Å²) in [5.74, 6) is -1.26. The van der Waals surface area contributed by atoms with Crippen molar-refractivity contribution < 1.29 is 18.1 Å². The summed E-state index contributed by atoms with van der Waals surface area (Å²) in [6.45, 7) is 3.79. The van der Waals surface area contributed by atoms with Crippen molar-refractivity contribution in [1.82, 2.24) is 15.4 Å². The van der Waals surface area contributed by atoms with E-state index in [2.05, 4.69) is 39.6 Å². The van der Waals surface area contributed by atoms with E-state index in [0.29, 0.717) is 12.5 Å². The zero-order chi connectivity index (χ0) is 23.0. The summed E-state index contributed by atoms with van der Waals surface area (Å²) < 4.78 is 32.1. The fourth-order valence-electron chi connectivity index (χ4n) is 4.25. The molecule has 0 saturated carbocycles. The Morgan fingerprint density at radius 1 is 1.06 bits per heavy atom. The van der Waals surface area contributed by atoms with Gasteiger partial charge in [0.1, 0.15) is 11.6 Å². The molecule has 0 bridgehead atoms. The smallest absolute Gasteiger partial charge is 0.273 e. The molecule has 2 aromatic carbocycles. The minimum absolute atomic E-state index is 0.0686. The lowest BCUT2D eigenvalue weighted by molar-refractivity contribution is 0.0927. The lowest BCUT2D eigenvalue weighted by Gasteiger charge is -2.32. The number of hydrogen-bond acceptors (Lipinski definition) is 4. The quantitative estimate of drug-likeness (QED) is 0.459. The molecule has 0 unspecified atom stereocenters. The average molecular weight is 454 g/mol. The van der Waals surface area contributed by atoms with Crippen LogP contribution in [0.15, 0.2) is 59.1 Å². The van der Waals surface area contributed by atoms with Gasteiger partial charge < -0.3 is 14.7 Å². The molecular weight excluding hydrogens is 424 g/mol. The van der Waals surface area contributed by atoms with Crippen molar-refractivity contribution >= 4 is 5.91 Å². The van der Waals surface area contributed by atoms with Crippen LogP contribution < -0.4 is 5.32 Å². The minimum Gasteiger partial charge on any atom is -0.355 e. The third-order valence-corrected chi connectivity index (χ3v) is 6.23. The van der Waals surface area contributed by atoms with E-state index in [1.807, 2.05) is 6.07 Å². The van der Waals surface area contributed by atoms with Gasteiger partial charge in [0.15, 0.2) is 11.5 Å². The molecule has 33 heavy (non-hydrogen) atoms. The van der Waals surface area contributed by atoms with Gasteiger partial charge in [-0.25, -0.2) is 8.78 Å². The van der Waals surface area contributed by atoms with Crippen LogP contribution in [0, 0.1) is 17.6 Å². The molecule has 1 N–H and O–H groups in total. The minimum atomic E-state index is -0.759. The van der Waals surface area contributed by atoms with E-state index < -0.39 is 11.6 Å². The first-order valence-electron chi connectivity index (χ1n) is 11.5. The molecule has 1 aliphatic rings. The van der Waals surface area contributed by atoms with Crippen molar-refractivity contribution in [1.29, 1.82) is 0 Å². The zero-order valence-electron chi connectivity index (χ0n) is 18.6. The average Bonchev–Trinajstić information content (AvgIpc) is 3.32. The van der Waals surface area contributed by atoms with Crippen LogP contribution >= 0.6 is 0 Å². The first-order valence-corrected chi connectivity index (χ1v) is 11.5. The molecule has 0 aliphatic carbocycles. The van der Waals surface area contributed by atoms with Crippen molar-refractivity contribution in [3.8, 4) is 11.3 Å². The number of carbonyl (C=O) groups excluding carboxylic acids is 1. The third kappa shape index (κ3) is 6.48. The number of amides is 1. The Morgan fingerprint density at radius 2 is 1.85 bits per heavy atom. The first-order chi connectivity index (χ1) is 16.1. The van der Waals surface area contributed by atoms with E-state index in [9.17, 15) is 13.6 Å². The van der Waals surface area contributed by atoms with Gasteiger partial charge in [0.05, 0.1) is 5.56 Å². The number of nitrogens with one attached hydrogen (secondary N) is 1. The lowest BCUT2D eigenvalue weighted by Crippen LogP contribution is -2.39. The van der Waals surface area contributed by atoms with Gasteiger partial charge in [0.25, 0.3) is 5.91 Å². The second-order valence-electron chi connectivity index (χ2n) is 8.64. The second kappa shape index (κ2) is 11.2. The molecule has 0 spiro atoms. The number of halogens is 2. The second-order valence-corrected chi connectivity index (χ2v) is 8.64. The maximum absolute atomic E-state index is 13.9. The Balaban J connectivity index is 1.16. The van der Waals surface area contributed by atoms with Crippen molar-refractivity contribution in [2.45, 2.75) is 32.1 Å². The summed E-state index contributed by atoms with van der Waals surface area (Å²) in [6.07, 6.45) is 5.61. The van der Waals surface area contributed by atoms with Crippen LogP contribution in [0.1, 0.15) is 41.7 Å². The van der Waals surface area contributed by atoms with Crippen LogP contribution in [-0.2, 0) is 6.42 Å². The van der Waals surface area contributed by atoms with Crippen molar-refractivity contribution in [2.24, 2.45) is 5.92 Å². The molecule has 3 aromatic rings. The van der Waals surface area contributed by atoms with Crippen molar-refractivity contribution in [3.05, 3.63) is 77.5 Å². The van der Waals surface area contributed by atoms with Crippen molar-refractivity contribution in [3.63, 3.8) is 0 Å². The molecular formula is C26H29F2N3O2. The van der Waals surface area contributed by atoms with E-state index in [1.54, 1.807) is 0 Å². The number of piperidine rings is 1. The molecule has 1 aromatic heterocycles. The molecule has 1 fully saturated rings. The Bertz CT molecular complexity index is 1050. The fraction of sp³-hybridized carbons (Fsp3) is 0.385. The number of unbranched alkanes of at least 4 members (excludes halogenated alkanes) is 1. The SMILES string of the molecule is O=C(NCC1CCN(CCCCc2ccccc2)CC1)c1cc(-c2ccc(F)cc2F)on1. The van der Waals surface area contributed by atoms with E-state index in [-0.39, 0.29) is 22.9 Å². The number of nitrogens with zero attached hydrogens (tertiary/aromatic N) is 2. The maximum atomic E-state index is 13.9. The van der Waals surface area contributed by atoms with Crippen molar-refractivity contribution in [2.75, 3.05) is 26.2 Å². The number of benzene rings is 2. The van der Waals surface area contributed by atoms with E-state index in [1.165, 1.54) is 30.5 Å². The van der Waals surface area contributed by atoms with Gasteiger partial charge in [-0.1, -0.05) is 35.5 Å². The highest BCUT2D eigenvalue weighted by Gasteiger charge is 2.21. The molecule has 1 amide bonds.